The first kappa shape index (κ1) is 18.8. The maximum atomic E-state index is 11.8. The van der Waals surface area contributed by atoms with E-state index in [9.17, 15) is 18.0 Å². The molecule has 0 unspecified atom stereocenters. The van der Waals surface area contributed by atoms with Gasteiger partial charge in [-0.2, -0.15) is 0 Å². The van der Waals surface area contributed by atoms with E-state index in [1.807, 2.05) is 0 Å². The van der Waals surface area contributed by atoms with Crippen LogP contribution in [-0.2, 0) is 19.4 Å². The van der Waals surface area contributed by atoms with Gasteiger partial charge in [0, 0.05) is 12.1 Å². The smallest absolute Gasteiger partial charge is 0.262 e. The molecule has 1 saturated heterocycles. The second-order valence-electron chi connectivity index (χ2n) is 5.56. The minimum absolute atomic E-state index is 0.00336. The molecule has 1 fully saturated rings. The quantitative estimate of drug-likeness (QED) is 0.571. The van der Waals surface area contributed by atoms with Crippen molar-refractivity contribution in [1.29, 1.82) is 0 Å². The van der Waals surface area contributed by atoms with Crippen LogP contribution in [-0.4, -0.2) is 46.0 Å². The SMILES string of the molecule is COc1cc(/C=C/C(=O)NNC(=O)[C@@H]2CCS(=O)(=O)C2)cc(OC)c1. The molecule has 8 nitrogen and oxygen atoms in total. The van der Waals surface area contributed by atoms with Crippen molar-refractivity contribution in [2.24, 2.45) is 5.92 Å². The molecule has 0 aromatic heterocycles. The van der Waals surface area contributed by atoms with Crippen molar-refractivity contribution in [2.45, 2.75) is 6.42 Å². The van der Waals surface area contributed by atoms with Gasteiger partial charge < -0.3 is 9.47 Å². The van der Waals surface area contributed by atoms with E-state index in [1.54, 1.807) is 18.2 Å². The van der Waals surface area contributed by atoms with Crippen molar-refractivity contribution in [3.63, 3.8) is 0 Å². The number of methoxy groups -OCH3 is 2. The topological polar surface area (TPSA) is 111 Å². The van der Waals surface area contributed by atoms with Crippen molar-refractivity contribution in [1.82, 2.24) is 10.9 Å². The normalized spacial score (nSPS) is 18.7. The number of benzene rings is 1. The summed E-state index contributed by atoms with van der Waals surface area (Å²) in [6.45, 7) is 0. The van der Waals surface area contributed by atoms with Crippen LogP contribution in [0, 0.1) is 5.92 Å². The predicted octanol–water partition coefficient (Wildman–Crippen LogP) is 0.299. The Balaban J connectivity index is 1.90. The summed E-state index contributed by atoms with van der Waals surface area (Å²) in [4.78, 5) is 23.6. The van der Waals surface area contributed by atoms with Crippen molar-refractivity contribution in [3.05, 3.63) is 29.8 Å². The summed E-state index contributed by atoms with van der Waals surface area (Å²) in [6.07, 6.45) is 3.04. The zero-order valence-electron chi connectivity index (χ0n) is 13.9. The highest BCUT2D eigenvalue weighted by Crippen LogP contribution is 2.23. The zero-order valence-corrected chi connectivity index (χ0v) is 14.8. The molecule has 0 aliphatic carbocycles. The first-order valence-electron chi connectivity index (χ1n) is 7.54. The lowest BCUT2D eigenvalue weighted by Gasteiger charge is -2.09. The van der Waals surface area contributed by atoms with Gasteiger partial charge in [-0.1, -0.05) is 0 Å². The maximum absolute atomic E-state index is 11.8. The Hall–Kier alpha value is -2.55. The first-order chi connectivity index (χ1) is 11.8. The summed E-state index contributed by atoms with van der Waals surface area (Å²) in [7, 11) is -0.107. The summed E-state index contributed by atoms with van der Waals surface area (Å²) in [5.74, 6) is -0.714. The average molecular weight is 368 g/mol. The minimum Gasteiger partial charge on any atom is -0.497 e. The Morgan fingerprint density at radius 3 is 2.28 bits per heavy atom. The summed E-state index contributed by atoms with van der Waals surface area (Å²) in [5.41, 5.74) is 5.15. The van der Waals surface area contributed by atoms with Gasteiger partial charge in [0.05, 0.1) is 31.6 Å². The van der Waals surface area contributed by atoms with E-state index >= 15 is 0 Å². The number of carbonyl (C=O) groups excluding carboxylic acids is 2. The monoisotopic (exact) mass is 368 g/mol. The second-order valence-corrected chi connectivity index (χ2v) is 7.79. The summed E-state index contributed by atoms with van der Waals surface area (Å²) < 4.78 is 33.0. The molecule has 136 valence electrons. The van der Waals surface area contributed by atoms with E-state index in [2.05, 4.69) is 10.9 Å². The molecule has 2 rings (SSSR count). The molecule has 1 aliphatic rings. The van der Waals surface area contributed by atoms with Gasteiger partial charge in [-0.05, 0) is 30.2 Å². The fourth-order valence-electron chi connectivity index (χ4n) is 2.37. The number of ether oxygens (including phenoxy) is 2. The maximum Gasteiger partial charge on any atom is 0.262 e. The minimum atomic E-state index is -3.15. The van der Waals surface area contributed by atoms with E-state index in [0.29, 0.717) is 17.1 Å². The molecule has 9 heteroatoms. The molecule has 1 heterocycles. The van der Waals surface area contributed by atoms with Gasteiger partial charge in [0.1, 0.15) is 11.5 Å². The third-order valence-corrected chi connectivity index (χ3v) is 5.48. The molecule has 0 radical (unpaired) electrons. The van der Waals surface area contributed by atoms with E-state index in [4.69, 9.17) is 9.47 Å². The highest BCUT2D eigenvalue weighted by Gasteiger charge is 2.32. The van der Waals surface area contributed by atoms with Gasteiger partial charge in [0.25, 0.3) is 5.91 Å². The molecular weight excluding hydrogens is 348 g/mol. The summed E-state index contributed by atoms with van der Waals surface area (Å²) in [5, 5.41) is 0. The largest absolute Gasteiger partial charge is 0.497 e. The third kappa shape index (κ3) is 5.49. The van der Waals surface area contributed by atoms with Crippen LogP contribution in [0.1, 0.15) is 12.0 Å². The van der Waals surface area contributed by atoms with Gasteiger partial charge in [-0.25, -0.2) is 8.42 Å². The Labute approximate surface area is 146 Å². The number of hydrogen-bond donors (Lipinski definition) is 2. The molecule has 1 aliphatic heterocycles. The number of sulfone groups is 1. The van der Waals surface area contributed by atoms with Crippen LogP contribution in [0.25, 0.3) is 6.08 Å². The van der Waals surface area contributed by atoms with Crippen LogP contribution in [0.4, 0.5) is 0 Å². The number of nitrogens with one attached hydrogen (secondary N) is 2. The Morgan fingerprint density at radius 2 is 1.76 bits per heavy atom. The predicted molar refractivity (Wildman–Crippen MR) is 91.6 cm³/mol. The lowest BCUT2D eigenvalue weighted by molar-refractivity contribution is -0.129. The Kier molecular flexibility index (Phi) is 6.02. The van der Waals surface area contributed by atoms with E-state index < -0.39 is 27.6 Å². The Bertz CT molecular complexity index is 766. The molecule has 0 spiro atoms. The van der Waals surface area contributed by atoms with Gasteiger partial charge in [-0.15, -0.1) is 0 Å². The van der Waals surface area contributed by atoms with Crippen LogP contribution in [0.15, 0.2) is 24.3 Å². The van der Waals surface area contributed by atoms with Gasteiger partial charge in [-0.3, -0.25) is 20.4 Å². The third-order valence-electron chi connectivity index (χ3n) is 3.71. The van der Waals surface area contributed by atoms with Crippen LogP contribution in [0.3, 0.4) is 0 Å². The van der Waals surface area contributed by atoms with Crippen LogP contribution in [0.5, 0.6) is 11.5 Å². The first-order valence-corrected chi connectivity index (χ1v) is 9.36. The number of hydrogen-bond acceptors (Lipinski definition) is 6. The fourth-order valence-corrected chi connectivity index (χ4v) is 4.11. The number of hydrazine groups is 1. The zero-order chi connectivity index (χ0) is 18.4. The molecule has 1 aromatic rings. The number of carbonyl (C=O) groups is 2. The highest BCUT2D eigenvalue weighted by atomic mass is 32.2. The summed E-state index contributed by atoms with van der Waals surface area (Å²) in [6, 6.07) is 5.13. The molecular formula is C16H20N2O6S. The van der Waals surface area contributed by atoms with E-state index in [1.165, 1.54) is 26.4 Å². The molecule has 2 N–H and O–H groups in total. The van der Waals surface area contributed by atoms with Crippen molar-refractivity contribution < 1.29 is 27.5 Å². The fraction of sp³-hybridized carbons (Fsp3) is 0.375. The Morgan fingerprint density at radius 1 is 1.12 bits per heavy atom. The highest BCUT2D eigenvalue weighted by molar-refractivity contribution is 7.91. The lowest BCUT2D eigenvalue weighted by Crippen LogP contribution is -2.44. The molecule has 25 heavy (non-hydrogen) atoms. The van der Waals surface area contributed by atoms with Gasteiger partial charge >= 0.3 is 0 Å². The standard InChI is InChI=1S/C16H20N2O6S/c1-23-13-7-11(8-14(9-13)24-2)3-4-15(19)17-18-16(20)12-5-6-25(21,22)10-12/h3-4,7-9,12H,5-6,10H2,1-2H3,(H,17,19)(H,18,20)/b4-3+/t12-/m1/s1. The van der Waals surface area contributed by atoms with Crippen LogP contribution < -0.4 is 20.3 Å². The molecule has 1 aromatic carbocycles. The number of rotatable bonds is 5. The van der Waals surface area contributed by atoms with Crippen LogP contribution >= 0.6 is 0 Å². The molecule has 1 atom stereocenters. The average Bonchev–Trinajstić information content (AvgIpc) is 2.97. The van der Waals surface area contributed by atoms with E-state index in [-0.39, 0.29) is 17.9 Å². The van der Waals surface area contributed by atoms with Gasteiger partial charge in [0.15, 0.2) is 9.84 Å². The lowest BCUT2D eigenvalue weighted by atomic mass is 10.1. The molecule has 0 saturated carbocycles. The number of amides is 2. The van der Waals surface area contributed by atoms with Crippen molar-refractivity contribution in [2.75, 3.05) is 25.7 Å². The molecule has 2 amide bonds. The summed E-state index contributed by atoms with van der Waals surface area (Å²) >= 11 is 0. The molecule has 0 bridgehead atoms. The van der Waals surface area contributed by atoms with E-state index in [0.717, 1.165) is 0 Å². The second kappa shape index (κ2) is 8.02. The van der Waals surface area contributed by atoms with Crippen molar-refractivity contribution >= 4 is 27.7 Å². The van der Waals surface area contributed by atoms with Gasteiger partial charge in [0.2, 0.25) is 5.91 Å². The van der Waals surface area contributed by atoms with Crippen LogP contribution in [0.2, 0.25) is 0 Å². The van der Waals surface area contributed by atoms with Crippen molar-refractivity contribution in [3.8, 4) is 11.5 Å².